The maximum Gasteiger partial charge on any atom is 0.152 e. The SMILES string of the molecule is CC(C)CS(=O)(=O)C(C)C.CC(C)CS(=O)C(C)C. The van der Waals surface area contributed by atoms with E-state index in [1.165, 1.54) is 0 Å². The van der Waals surface area contributed by atoms with Gasteiger partial charge in [-0.15, -0.1) is 0 Å². The molecule has 1 unspecified atom stereocenters. The molecule has 0 saturated carbocycles. The highest BCUT2D eigenvalue weighted by molar-refractivity contribution is 7.91. The van der Waals surface area contributed by atoms with Gasteiger partial charge < -0.3 is 0 Å². The number of sulfone groups is 1. The first-order valence-corrected chi connectivity index (χ1v) is 10.1. The van der Waals surface area contributed by atoms with Crippen molar-refractivity contribution in [3.05, 3.63) is 0 Å². The summed E-state index contributed by atoms with van der Waals surface area (Å²) in [6.45, 7) is 15.5. The Hall–Kier alpha value is 0.1000. The van der Waals surface area contributed by atoms with E-state index in [9.17, 15) is 12.6 Å². The molecular weight excluding hydrogens is 280 g/mol. The van der Waals surface area contributed by atoms with Gasteiger partial charge in [0.05, 0.1) is 11.0 Å². The van der Waals surface area contributed by atoms with Crippen LogP contribution in [0.2, 0.25) is 0 Å². The third kappa shape index (κ3) is 12.9. The average molecular weight is 313 g/mol. The molecule has 0 bridgehead atoms. The fourth-order valence-electron chi connectivity index (χ4n) is 1.18. The van der Waals surface area contributed by atoms with Gasteiger partial charge in [0.15, 0.2) is 9.84 Å². The van der Waals surface area contributed by atoms with Crippen LogP contribution in [0.15, 0.2) is 0 Å². The first kappa shape index (κ1) is 21.4. The van der Waals surface area contributed by atoms with Crippen molar-refractivity contribution < 1.29 is 12.6 Å². The summed E-state index contributed by atoms with van der Waals surface area (Å²) in [7, 11) is -3.40. The van der Waals surface area contributed by atoms with Crippen LogP contribution in [0.4, 0.5) is 0 Å². The summed E-state index contributed by atoms with van der Waals surface area (Å²) in [4.78, 5) is 0. The van der Waals surface area contributed by atoms with Crippen molar-refractivity contribution in [1.82, 2.24) is 0 Å². The maximum atomic E-state index is 11.1. The summed E-state index contributed by atoms with van der Waals surface area (Å²) in [5.74, 6) is 1.96. The van der Waals surface area contributed by atoms with Crippen LogP contribution in [0.3, 0.4) is 0 Å². The largest absolute Gasteiger partial charge is 0.259 e. The minimum Gasteiger partial charge on any atom is -0.259 e. The van der Waals surface area contributed by atoms with Crippen molar-refractivity contribution in [3.63, 3.8) is 0 Å². The summed E-state index contributed by atoms with van der Waals surface area (Å²) in [6, 6.07) is 0. The van der Waals surface area contributed by atoms with Crippen LogP contribution in [-0.2, 0) is 20.6 Å². The quantitative estimate of drug-likeness (QED) is 0.756. The zero-order chi connectivity index (χ0) is 15.8. The molecule has 0 heterocycles. The molecule has 0 rings (SSSR count). The lowest BCUT2D eigenvalue weighted by molar-refractivity contribution is 0.574. The number of hydrogen-bond acceptors (Lipinski definition) is 3. The van der Waals surface area contributed by atoms with Crippen LogP contribution in [0.1, 0.15) is 55.4 Å². The van der Waals surface area contributed by atoms with E-state index in [2.05, 4.69) is 13.8 Å². The Balaban J connectivity index is 0. The van der Waals surface area contributed by atoms with Gasteiger partial charge in [-0.1, -0.05) is 41.5 Å². The Morgan fingerprint density at radius 1 is 0.842 bits per heavy atom. The van der Waals surface area contributed by atoms with Crippen LogP contribution in [0.25, 0.3) is 0 Å². The topological polar surface area (TPSA) is 51.2 Å². The summed E-state index contributed by atoms with van der Waals surface area (Å²) < 4.78 is 33.3. The van der Waals surface area contributed by atoms with E-state index in [1.807, 2.05) is 27.7 Å². The molecule has 0 aromatic carbocycles. The summed E-state index contributed by atoms with van der Waals surface area (Å²) >= 11 is 0. The zero-order valence-electron chi connectivity index (χ0n) is 13.8. The Morgan fingerprint density at radius 3 is 1.37 bits per heavy atom. The van der Waals surface area contributed by atoms with Gasteiger partial charge in [-0.2, -0.15) is 0 Å². The predicted octanol–water partition coefficient (Wildman–Crippen LogP) is 3.27. The predicted molar refractivity (Wildman–Crippen MR) is 86.7 cm³/mol. The highest BCUT2D eigenvalue weighted by Gasteiger charge is 2.16. The van der Waals surface area contributed by atoms with Gasteiger partial charge in [-0.3, -0.25) is 4.21 Å². The molecule has 0 aliphatic heterocycles. The molecule has 19 heavy (non-hydrogen) atoms. The second kappa shape index (κ2) is 9.92. The summed E-state index contributed by atoms with van der Waals surface area (Å²) in [5.41, 5.74) is 0. The molecule has 0 saturated heterocycles. The van der Waals surface area contributed by atoms with E-state index in [1.54, 1.807) is 13.8 Å². The second-order valence-corrected chi connectivity index (χ2v) is 10.9. The Kier molecular flexibility index (Phi) is 11.2. The molecule has 0 amide bonds. The molecule has 0 fully saturated rings. The average Bonchev–Trinajstić information content (AvgIpc) is 2.14. The van der Waals surface area contributed by atoms with Crippen LogP contribution in [0.5, 0.6) is 0 Å². The van der Waals surface area contributed by atoms with Crippen LogP contribution < -0.4 is 0 Å². The molecule has 5 heteroatoms. The number of rotatable bonds is 6. The summed E-state index contributed by atoms with van der Waals surface area (Å²) in [6.07, 6.45) is 0. The van der Waals surface area contributed by atoms with Crippen LogP contribution in [-0.4, -0.2) is 34.6 Å². The normalized spacial score (nSPS) is 13.9. The Morgan fingerprint density at radius 2 is 1.26 bits per heavy atom. The molecule has 0 N–H and O–H groups in total. The van der Waals surface area contributed by atoms with Gasteiger partial charge in [-0.25, -0.2) is 8.42 Å². The van der Waals surface area contributed by atoms with Crippen LogP contribution in [0, 0.1) is 11.8 Å². The van der Waals surface area contributed by atoms with E-state index in [0.29, 0.717) is 16.9 Å². The Labute approximate surface area is 122 Å². The third-order valence-corrected chi connectivity index (χ3v) is 6.92. The van der Waals surface area contributed by atoms with Gasteiger partial charge in [0.1, 0.15) is 0 Å². The van der Waals surface area contributed by atoms with Gasteiger partial charge in [0.25, 0.3) is 0 Å². The highest BCUT2D eigenvalue weighted by atomic mass is 32.2. The minimum absolute atomic E-state index is 0.227. The molecule has 0 aliphatic carbocycles. The van der Waals surface area contributed by atoms with Crippen molar-refractivity contribution in [2.75, 3.05) is 11.5 Å². The zero-order valence-corrected chi connectivity index (χ0v) is 15.4. The van der Waals surface area contributed by atoms with Crippen molar-refractivity contribution in [2.24, 2.45) is 11.8 Å². The van der Waals surface area contributed by atoms with Gasteiger partial charge in [0.2, 0.25) is 0 Å². The van der Waals surface area contributed by atoms with E-state index >= 15 is 0 Å². The van der Waals surface area contributed by atoms with Gasteiger partial charge in [0, 0.05) is 21.8 Å². The lowest BCUT2D eigenvalue weighted by atomic mass is 10.3. The van der Waals surface area contributed by atoms with E-state index in [4.69, 9.17) is 0 Å². The lowest BCUT2D eigenvalue weighted by Crippen LogP contribution is -2.20. The Bertz CT molecular complexity index is 342. The van der Waals surface area contributed by atoms with E-state index in [0.717, 1.165) is 5.75 Å². The van der Waals surface area contributed by atoms with Crippen molar-refractivity contribution in [3.8, 4) is 0 Å². The lowest BCUT2D eigenvalue weighted by Gasteiger charge is -2.08. The number of hydrogen-bond donors (Lipinski definition) is 0. The first-order valence-electron chi connectivity index (χ1n) is 6.98. The fraction of sp³-hybridized carbons (Fsp3) is 1.00. The molecule has 0 aliphatic rings. The monoisotopic (exact) mass is 312 g/mol. The molecule has 0 aromatic heterocycles. The molecule has 118 valence electrons. The standard InChI is InChI=1S/C7H16O2S.C7H16OS/c1-6(2)5-10(8,9)7(3)4;1-6(2)5-9(8)7(3)4/h6-7H,5H2,1-4H3;6-7H,5H2,1-4H3. The smallest absolute Gasteiger partial charge is 0.152 e. The van der Waals surface area contributed by atoms with Crippen molar-refractivity contribution >= 4 is 20.6 Å². The third-order valence-electron chi connectivity index (χ3n) is 2.31. The molecule has 3 nitrogen and oxygen atoms in total. The van der Waals surface area contributed by atoms with E-state index < -0.39 is 20.6 Å². The minimum atomic E-state index is -2.80. The molecular formula is C14H32O3S2. The van der Waals surface area contributed by atoms with E-state index in [-0.39, 0.29) is 11.2 Å². The molecule has 0 spiro atoms. The van der Waals surface area contributed by atoms with Gasteiger partial charge >= 0.3 is 0 Å². The van der Waals surface area contributed by atoms with Crippen molar-refractivity contribution in [1.29, 1.82) is 0 Å². The van der Waals surface area contributed by atoms with Gasteiger partial charge in [-0.05, 0) is 25.7 Å². The highest BCUT2D eigenvalue weighted by Crippen LogP contribution is 2.06. The first-order chi connectivity index (χ1) is 8.40. The molecule has 1 atom stereocenters. The fourth-order valence-corrected chi connectivity index (χ4v) is 3.53. The van der Waals surface area contributed by atoms with Crippen molar-refractivity contribution in [2.45, 2.75) is 65.9 Å². The molecule has 0 aromatic rings. The maximum absolute atomic E-state index is 11.1. The summed E-state index contributed by atoms with van der Waals surface area (Å²) in [5, 5.41) is 0.0994. The molecule has 0 radical (unpaired) electrons. The van der Waals surface area contributed by atoms with Crippen LogP contribution >= 0.6 is 0 Å². The second-order valence-electron chi connectivity index (χ2n) is 6.26.